The van der Waals surface area contributed by atoms with Gasteiger partial charge in [-0.3, -0.25) is 4.79 Å². The smallest absolute Gasteiger partial charge is 0.204 e. The van der Waals surface area contributed by atoms with Crippen LogP contribution in [0.1, 0.15) is 15.2 Å². The molecule has 0 N–H and O–H groups in total. The Morgan fingerprint density at radius 2 is 2.00 bits per heavy atom. The third-order valence-corrected chi connectivity index (χ3v) is 3.67. The number of thiophene rings is 1. The van der Waals surface area contributed by atoms with E-state index >= 15 is 0 Å². The van der Waals surface area contributed by atoms with Crippen molar-refractivity contribution in [2.24, 2.45) is 0 Å². The molecule has 0 saturated heterocycles. The van der Waals surface area contributed by atoms with E-state index in [1.54, 1.807) is 17.5 Å². The Kier molecular flexibility index (Phi) is 3.16. The first-order valence-electron chi connectivity index (χ1n) is 4.33. The molecule has 0 unspecified atom stereocenters. The minimum atomic E-state index is -1.04. The van der Waals surface area contributed by atoms with Gasteiger partial charge in [0.05, 0.1) is 9.35 Å². The van der Waals surface area contributed by atoms with Crippen LogP contribution in [0.4, 0.5) is 8.78 Å². The van der Waals surface area contributed by atoms with E-state index in [0.717, 1.165) is 6.07 Å². The van der Waals surface area contributed by atoms with Gasteiger partial charge in [0, 0.05) is 5.56 Å². The van der Waals surface area contributed by atoms with E-state index in [2.05, 4.69) is 15.9 Å². The summed E-state index contributed by atoms with van der Waals surface area (Å²) in [4.78, 5) is 12.4. The Bertz CT molecular complexity index is 537. The van der Waals surface area contributed by atoms with Gasteiger partial charge in [-0.2, -0.15) is 0 Å². The summed E-state index contributed by atoms with van der Waals surface area (Å²) in [5.41, 5.74) is 0.126. The molecule has 0 bridgehead atoms. The molecule has 5 heteroatoms. The maximum absolute atomic E-state index is 13.2. The van der Waals surface area contributed by atoms with Crippen molar-refractivity contribution in [3.63, 3.8) is 0 Å². The van der Waals surface area contributed by atoms with Gasteiger partial charge < -0.3 is 0 Å². The monoisotopic (exact) mass is 302 g/mol. The van der Waals surface area contributed by atoms with E-state index in [-0.39, 0.29) is 15.8 Å². The number of halogens is 3. The van der Waals surface area contributed by atoms with Crippen LogP contribution in [0.15, 0.2) is 34.1 Å². The molecule has 0 aliphatic rings. The summed E-state index contributed by atoms with van der Waals surface area (Å²) >= 11 is 4.14. The van der Waals surface area contributed by atoms with E-state index in [4.69, 9.17) is 0 Å². The van der Waals surface area contributed by atoms with Gasteiger partial charge in [0.15, 0.2) is 11.6 Å². The fraction of sp³-hybridized carbons (Fsp3) is 0. The third kappa shape index (κ3) is 1.92. The highest BCUT2D eigenvalue weighted by atomic mass is 79.9. The maximum Gasteiger partial charge on any atom is 0.204 e. The summed E-state index contributed by atoms with van der Waals surface area (Å²) in [6.45, 7) is 0. The summed E-state index contributed by atoms with van der Waals surface area (Å²) in [6.07, 6.45) is 0. The number of rotatable bonds is 2. The third-order valence-electron chi connectivity index (χ3n) is 2.02. The van der Waals surface area contributed by atoms with Crippen LogP contribution in [0.3, 0.4) is 0 Å². The molecule has 1 aromatic carbocycles. The quantitative estimate of drug-likeness (QED) is 0.605. The maximum atomic E-state index is 13.2. The molecule has 0 aliphatic carbocycles. The zero-order valence-corrected chi connectivity index (χ0v) is 10.2. The van der Waals surface area contributed by atoms with Gasteiger partial charge >= 0.3 is 0 Å². The highest BCUT2D eigenvalue weighted by Gasteiger charge is 2.18. The van der Waals surface area contributed by atoms with Gasteiger partial charge in [-0.05, 0) is 39.5 Å². The number of ketones is 1. The van der Waals surface area contributed by atoms with Crippen molar-refractivity contribution in [2.45, 2.75) is 0 Å². The zero-order chi connectivity index (χ0) is 11.7. The average molecular weight is 303 g/mol. The molecular formula is C11H5BrF2OS. The van der Waals surface area contributed by atoms with E-state index < -0.39 is 11.6 Å². The molecule has 82 valence electrons. The van der Waals surface area contributed by atoms with Gasteiger partial charge in [-0.1, -0.05) is 6.07 Å². The topological polar surface area (TPSA) is 17.1 Å². The van der Waals surface area contributed by atoms with Gasteiger partial charge in [-0.15, -0.1) is 11.3 Å². The second kappa shape index (κ2) is 4.43. The van der Waals surface area contributed by atoms with Crippen LogP contribution in [-0.2, 0) is 0 Å². The van der Waals surface area contributed by atoms with Gasteiger partial charge in [0.2, 0.25) is 5.78 Å². The Morgan fingerprint density at radius 3 is 2.62 bits per heavy atom. The first-order chi connectivity index (χ1) is 7.61. The van der Waals surface area contributed by atoms with Crippen LogP contribution >= 0.6 is 27.3 Å². The van der Waals surface area contributed by atoms with E-state index in [9.17, 15) is 13.6 Å². The number of carbonyl (C=O) groups excluding carboxylic acids is 1. The molecule has 1 heterocycles. The minimum Gasteiger partial charge on any atom is -0.288 e. The van der Waals surface area contributed by atoms with Crippen molar-refractivity contribution in [1.29, 1.82) is 0 Å². The SMILES string of the molecule is O=C(c1cccs1)c1ccc(F)c(F)c1Br. The Balaban J connectivity index is 2.50. The zero-order valence-electron chi connectivity index (χ0n) is 7.84. The Hall–Kier alpha value is -1.07. The van der Waals surface area contributed by atoms with Crippen LogP contribution < -0.4 is 0 Å². The second-order valence-electron chi connectivity index (χ2n) is 3.03. The van der Waals surface area contributed by atoms with Crippen molar-refractivity contribution in [2.75, 3.05) is 0 Å². The normalized spacial score (nSPS) is 10.4. The molecular weight excluding hydrogens is 298 g/mol. The predicted octanol–water partition coefficient (Wildman–Crippen LogP) is 4.02. The second-order valence-corrected chi connectivity index (χ2v) is 4.77. The standard InChI is InChI=1S/C11H5BrF2OS/c12-9-6(3-4-7(13)10(9)14)11(15)8-2-1-5-16-8/h1-5H. The predicted molar refractivity (Wildman–Crippen MR) is 61.8 cm³/mol. The van der Waals surface area contributed by atoms with E-state index in [0.29, 0.717) is 4.88 Å². The molecule has 0 fully saturated rings. The van der Waals surface area contributed by atoms with Gasteiger partial charge in [0.25, 0.3) is 0 Å². The molecule has 2 aromatic rings. The van der Waals surface area contributed by atoms with Crippen LogP contribution in [0, 0.1) is 11.6 Å². The highest BCUT2D eigenvalue weighted by molar-refractivity contribution is 9.10. The summed E-state index contributed by atoms with van der Waals surface area (Å²) in [5, 5.41) is 1.75. The molecule has 0 aliphatic heterocycles. The highest BCUT2D eigenvalue weighted by Crippen LogP contribution is 2.26. The van der Waals surface area contributed by atoms with Gasteiger partial charge in [0.1, 0.15) is 0 Å². The summed E-state index contributed by atoms with van der Waals surface area (Å²) in [7, 11) is 0. The molecule has 2 rings (SSSR count). The number of benzene rings is 1. The molecule has 0 amide bonds. The number of hydrogen-bond donors (Lipinski definition) is 0. The first-order valence-corrected chi connectivity index (χ1v) is 6.00. The van der Waals surface area contributed by atoms with Crippen LogP contribution in [0.25, 0.3) is 0 Å². The molecule has 0 radical (unpaired) electrons. The van der Waals surface area contributed by atoms with Crippen LogP contribution in [0.5, 0.6) is 0 Å². The first kappa shape index (κ1) is 11.4. The lowest BCUT2D eigenvalue weighted by Crippen LogP contribution is -2.02. The van der Waals surface area contributed by atoms with E-state index in [1.807, 2.05) is 0 Å². The van der Waals surface area contributed by atoms with Crippen LogP contribution in [-0.4, -0.2) is 5.78 Å². The van der Waals surface area contributed by atoms with Crippen molar-refractivity contribution in [1.82, 2.24) is 0 Å². The summed E-state index contributed by atoms with van der Waals surface area (Å²) in [6, 6.07) is 5.58. The van der Waals surface area contributed by atoms with Crippen LogP contribution in [0.2, 0.25) is 0 Å². The lowest BCUT2D eigenvalue weighted by atomic mass is 10.1. The average Bonchev–Trinajstić information content (AvgIpc) is 2.79. The number of hydrogen-bond acceptors (Lipinski definition) is 2. The molecule has 1 nitrogen and oxygen atoms in total. The van der Waals surface area contributed by atoms with Crippen molar-refractivity contribution >= 4 is 33.0 Å². The molecule has 16 heavy (non-hydrogen) atoms. The fourth-order valence-corrected chi connectivity index (χ4v) is 2.42. The van der Waals surface area contributed by atoms with Crippen molar-refractivity contribution in [3.8, 4) is 0 Å². The lowest BCUT2D eigenvalue weighted by molar-refractivity contribution is 0.104. The Labute approximate surface area is 103 Å². The van der Waals surface area contributed by atoms with E-state index in [1.165, 1.54) is 17.4 Å². The summed E-state index contributed by atoms with van der Waals surface area (Å²) in [5.74, 6) is -2.34. The largest absolute Gasteiger partial charge is 0.288 e. The van der Waals surface area contributed by atoms with Gasteiger partial charge in [-0.25, -0.2) is 8.78 Å². The Morgan fingerprint density at radius 1 is 1.25 bits per heavy atom. The molecule has 0 atom stereocenters. The summed E-state index contributed by atoms with van der Waals surface area (Å²) < 4.78 is 25.9. The molecule has 0 spiro atoms. The number of carbonyl (C=O) groups is 1. The lowest BCUT2D eigenvalue weighted by Gasteiger charge is -2.03. The molecule has 0 saturated carbocycles. The minimum absolute atomic E-state index is 0.126. The fourth-order valence-electron chi connectivity index (χ4n) is 1.24. The van der Waals surface area contributed by atoms with Crippen molar-refractivity contribution in [3.05, 3.63) is 56.2 Å². The van der Waals surface area contributed by atoms with Crippen molar-refractivity contribution < 1.29 is 13.6 Å². The molecule has 1 aromatic heterocycles.